The second kappa shape index (κ2) is 8.99. The van der Waals surface area contributed by atoms with Crippen LogP contribution in [0.3, 0.4) is 0 Å². The van der Waals surface area contributed by atoms with Crippen LogP contribution in [0, 0.1) is 0 Å². The summed E-state index contributed by atoms with van der Waals surface area (Å²) in [5.74, 6) is 0. The van der Waals surface area contributed by atoms with E-state index in [4.69, 9.17) is 4.74 Å². The smallest absolute Gasteiger partial charge is 0.0594 e. The molecule has 0 atom stereocenters. The monoisotopic (exact) mass is 267 g/mol. The Hall–Kier alpha value is -1.00. The van der Waals surface area contributed by atoms with Crippen LogP contribution in [0.25, 0.3) is 0 Å². The summed E-state index contributed by atoms with van der Waals surface area (Å²) in [5, 5.41) is 3.53. The maximum atomic E-state index is 5.34. The van der Waals surface area contributed by atoms with Crippen molar-refractivity contribution in [2.75, 3.05) is 53.0 Å². The highest BCUT2D eigenvalue weighted by molar-refractivity contribution is 5.25. The van der Waals surface area contributed by atoms with Gasteiger partial charge in [0.05, 0.1) is 19.8 Å². The molecule has 0 bridgehead atoms. The van der Waals surface area contributed by atoms with Crippen LogP contribution in [0.1, 0.15) is 20.8 Å². The summed E-state index contributed by atoms with van der Waals surface area (Å²) in [4.78, 5) is 4.67. The standard InChI is InChI=1S/C13H23N3O.C2H6/c1-12-9-13(11-15(2)10-12)14-3-4-16-5-7-17-8-6-16;1-2/h9-10,14H,3-8,11H2,1-2H3;1-2H3. The number of hydrogen-bond acceptors (Lipinski definition) is 4. The second-order valence-electron chi connectivity index (χ2n) is 4.84. The Morgan fingerprint density at radius 2 is 1.95 bits per heavy atom. The summed E-state index contributed by atoms with van der Waals surface area (Å²) < 4.78 is 5.34. The zero-order valence-electron chi connectivity index (χ0n) is 12.9. The van der Waals surface area contributed by atoms with Gasteiger partial charge in [0.1, 0.15) is 0 Å². The molecule has 0 aromatic carbocycles. The van der Waals surface area contributed by atoms with Crippen molar-refractivity contribution in [3.63, 3.8) is 0 Å². The first-order valence-electron chi connectivity index (χ1n) is 7.37. The number of nitrogens with one attached hydrogen (secondary N) is 1. The van der Waals surface area contributed by atoms with E-state index in [2.05, 4.69) is 41.4 Å². The van der Waals surface area contributed by atoms with Crippen molar-refractivity contribution in [1.29, 1.82) is 0 Å². The van der Waals surface area contributed by atoms with E-state index >= 15 is 0 Å². The zero-order valence-corrected chi connectivity index (χ0v) is 12.9. The third kappa shape index (κ3) is 6.12. The van der Waals surface area contributed by atoms with Crippen molar-refractivity contribution in [2.24, 2.45) is 0 Å². The predicted molar refractivity (Wildman–Crippen MR) is 81.1 cm³/mol. The average molecular weight is 267 g/mol. The molecule has 0 radical (unpaired) electrons. The number of allylic oxidation sites excluding steroid dienone is 2. The Morgan fingerprint density at radius 1 is 1.26 bits per heavy atom. The van der Waals surface area contributed by atoms with Crippen LogP contribution in [0.5, 0.6) is 0 Å². The number of hydrogen-bond donors (Lipinski definition) is 1. The molecule has 4 nitrogen and oxygen atoms in total. The summed E-state index contributed by atoms with van der Waals surface area (Å²) in [5.41, 5.74) is 2.63. The zero-order chi connectivity index (χ0) is 14.1. The summed E-state index contributed by atoms with van der Waals surface area (Å²) in [6.45, 7) is 13.2. The van der Waals surface area contributed by atoms with Gasteiger partial charge in [0, 0.05) is 45.1 Å². The minimum Gasteiger partial charge on any atom is -0.386 e. The van der Waals surface area contributed by atoms with Crippen molar-refractivity contribution in [3.05, 3.63) is 23.5 Å². The average Bonchev–Trinajstić information content (AvgIpc) is 2.41. The van der Waals surface area contributed by atoms with E-state index < -0.39 is 0 Å². The van der Waals surface area contributed by atoms with Gasteiger partial charge in [-0.3, -0.25) is 4.90 Å². The van der Waals surface area contributed by atoms with E-state index in [1.165, 1.54) is 11.3 Å². The van der Waals surface area contributed by atoms with Crippen LogP contribution in [0.4, 0.5) is 0 Å². The molecule has 0 unspecified atom stereocenters. The van der Waals surface area contributed by atoms with E-state index in [-0.39, 0.29) is 0 Å². The molecular formula is C15H29N3O. The molecule has 1 saturated heterocycles. The minimum absolute atomic E-state index is 0.882. The van der Waals surface area contributed by atoms with Gasteiger partial charge in [-0.15, -0.1) is 0 Å². The van der Waals surface area contributed by atoms with Crippen LogP contribution in [0.15, 0.2) is 23.5 Å². The van der Waals surface area contributed by atoms with Gasteiger partial charge in [-0.1, -0.05) is 13.8 Å². The molecule has 0 aromatic rings. The molecular weight excluding hydrogens is 238 g/mol. The molecule has 0 spiro atoms. The third-order valence-corrected chi connectivity index (χ3v) is 3.13. The van der Waals surface area contributed by atoms with Gasteiger partial charge in [-0.05, 0) is 18.6 Å². The van der Waals surface area contributed by atoms with Gasteiger partial charge >= 0.3 is 0 Å². The summed E-state index contributed by atoms with van der Waals surface area (Å²) in [6, 6.07) is 0. The Kier molecular flexibility index (Phi) is 7.60. The molecule has 0 aromatic heterocycles. The summed E-state index contributed by atoms with van der Waals surface area (Å²) in [7, 11) is 2.11. The number of rotatable bonds is 4. The lowest BCUT2D eigenvalue weighted by Gasteiger charge is -2.28. The Labute approximate surface area is 118 Å². The normalized spacial score (nSPS) is 20.1. The highest BCUT2D eigenvalue weighted by atomic mass is 16.5. The summed E-state index contributed by atoms with van der Waals surface area (Å²) >= 11 is 0. The molecule has 110 valence electrons. The summed E-state index contributed by atoms with van der Waals surface area (Å²) in [6.07, 6.45) is 4.41. The maximum Gasteiger partial charge on any atom is 0.0594 e. The minimum atomic E-state index is 0.882. The van der Waals surface area contributed by atoms with Crippen LogP contribution < -0.4 is 5.32 Å². The van der Waals surface area contributed by atoms with Crippen molar-refractivity contribution in [2.45, 2.75) is 20.8 Å². The third-order valence-electron chi connectivity index (χ3n) is 3.13. The van der Waals surface area contributed by atoms with Crippen LogP contribution in [-0.4, -0.2) is 62.8 Å². The molecule has 0 aliphatic carbocycles. The first-order valence-corrected chi connectivity index (χ1v) is 7.37. The van der Waals surface area contributed by atoms with Crippen molar-refractivity contribution >= 4 is 0 Å². The highest BCUT2D eigenvalue weighted by Crippen LogP contribution is 2.09. The SMILES string of the molecule is CC.CC1=CN(C)CC(NCCN2CCOCC2)=C1. The number of ether oxygens (including phenoxy) is 1. The second-order valence-corrected chi connectivity index (χ2v) is 4.84. The quantitative estimate of drug-likeness (QED) is 0.838. The van der Waals surface area contributed by atoms with Crippen LogP contribution >= 0.6 is 0 Å². The Morgan fingerprint density at radius 3 is 2.58 bits per heavy atom. The lowest BCUT2D eigenvalue weighted by Crippen LogP contribution is -2.40. The van der Waals surface area contributed by atoms with Crippen molar-refractivity contribution < 1.29 is 4.74 Å². The maximum absolute atomic E-state index is 5.34. The fourth-order valence-corrected chi connectivity index (χ4v) is 2.33. The predicted octanol–water partition coefficient (Wildman–Crippen LogP) is 1.67. The largest absolute Gasteiger partial charge is 0.386 e. The first kappa shape index (κ1) is 16.1. The molecule has 2 rings (SSSR count). The molecule has 1 N–H and O–H groups in total. The van der Waals surface area contributed by atoms with Gasteiger partial charge in [0.25, 0.3) is 0 Å². The van der Waals surface area contributed by atoms with Gasteiger partial charge in [0.15, 0.2) is 0 Å². The Bertz CT molecular complexity index is 307. The lowest BCUT2D eigenvalue weighted by atomic mass is 10.2. The van der Waals surface area contributed by atoms with Gasteiger partial charge in [0.2, 0.25) is 0 Å². The van der Waals surface area contributed by atoms with Gasteiger partial charge in [-0.25, -0.2) is 0 Å². The van der Waals surface area contributed by atoms with Crippen LogP contribution in [0.2, 0.25) is 0 Å². The van der Waals surface area contributed by atoms with Crippen molar-refractivity contribution in [1.82, 2.24) is 15.1 Å². The first-order chi connectivity index (χ1) is 9.24. The fourth-order valence-electron chi connectivity index (χ4n) is 2.33. The Balaban J connectivity index is 0.000000861. The number of morpholine rings is 1. The molecule has 2 aliphatic rings. The van der Waals surface area contributed by atoms with E-state index in [1.807, 2.05) is 13.8 Å². The lowest BCUT2D eigenvalue weighted by molar-refractivity contribution is 0.0386. The molecule has 0 amide bonds. The van der Waals surface area contributed by atoms with E-state index in [1.54, 1.807) is 0 Å². The molecule has 19 heavy (non-hydrogen) atoms. The number of nitrogens with zero attached hydrogens (tertiary/aromatic N) is 2. The van der Waals surface area contributed by atoms with E-state index in [9.17, 15) is 0 Å². The molecule has 0 saturated carbocycles. The molecule has 4 heteroatoms. The van der Waals surface area contributed by atoms with Gasteiger partial charge in [-0.2, -0.15) is 0 Å². The topological polar surface area (TPSA) is 27.7 Å². The number of likely N-dealkylation sites (N-methyl/N-ethyl adjacent to an activating group) is 1. The fraction of sp³-hybridized carbons (Fsp3) is 0.733. The van der Waals surface area contributed by atoms with Gasteiger partial charge < -0.3 is 15.0 Å². The molecule has 1 fully saturated rings. The van der Waals surface area contributed by atoms with Crippen molar-refractivity contribution in [3.8, 4) is 0 Å². The highest BCUT2D eigenvalue weighted by Gasteiger charge is 2.10. The van der Waals surface area contributed by atoms with E-state index in [0.717, 1.165) is 45.9 Å². The van der Waals surface area contributed by atoms with Crippen LogP contribution in [-0.2, 0) is 4.74 Å². The van der Waals surface area contributed by atoms with E-state index in [0.29, 0.717) is 0 Å². The molecule has 2 aliphatic heterocycles. The molecule has 2 heterocycles.